The highest BCUT2D eigenvalue weighted by Crippen LogP contribution is 2.39. The van der Waals surface area contributed by atoms with Gasteiger partial charge in [0.15, 0.2) is 0 Å². The first-order valence-corrected chi connectivity index (χ1v) is 7.93. The Morgan fingerprint density at radius 2 is 1.81 bits per heavy atom. The summed E-state index contributed by atoms with van der Waals surface area (Å²) in [7, 11) is 0. The van der Waals surface area contributed by atoms with Crippen LogP contribution in [0.4, 0.5) is 5.69 Å². The van der Waals surface area contributed by atoms with Crippen molar-refractivity contribution in [2.75, 3.05) is 5.32 Å². The Balaban J connectivity index is 1.65. The number of hydrogen-bond acceptors (Lipinski definition) is 2. The van der Waals surface area contributed by atoms with E-state index < -0.39 is 0 Å². The molecule has 21 heavy (non-hydrogen) atoms. The lowest BCUT2D eigenvalue weighted by atomic mass is 9.76. The van der Waals surface area contributed by atoms with Crippen molar-refractivity contribution >= 4 is 5.69 Å². The highest BCUT2D eigenvalue weighted by atomic mass is 15.3. The quantitative estimate of drug-likeness (QED) is 0.899. The Morgan fingerprint density at radius 1 is 1.14 bits per heavy atom. The van der Waals surface area contributed by atoms with Crippen LogP contribution in [0, 0.1) is 13.8 Å². The van der Waals surface area contributed by atoms with E-state index in [0.717, 1.165) is 5.69 Å². The largest absolute Gasteiger partial charge is 0.379 e. The lowest BCUT2D eigenvalue weighted by molar-refractivity contribution is 0.374. The molecule has 1 saturated carbocycles. The molecule has 1 aliphatic carbocycles. The summed E-state index contributed by atoms with van der Waals surface area (Å²) in [5, 5.41) is 8.36. The van der Waals surface area contributed by atoms with Gasteiger partial charge in [0.05, 0.1) is 17.1 Å². The predicted molar refractivity (Wildman–Crippen MR) is 87.9 cm³/mol. The molecule has 1 aliphatic rings. The zero-order valence-corrected chi connectivity index (χ0v) is 13.4. The third-order valence-electron chi connectivity index (χ3n) is 4.57. The number of benzene rings is 1. The van der Waals surface area contributed by atoms with Gasteiger partial charge in [0.2, 0.25) is 0 Å². The van der Waals surface area contributed by atoms with Crippen molar-refractivity contribution in [3.8, 4) is 0 Å². The Hall–Kier alpha value is -1.77. The molecule has 1 fully saturated rings. The Bertz CT molecular complexity index is 607. The van der Waals surface area contributed by atoms with Gasteiger partial charge in [0, 0.05) is 12.1 Å². The van der Waals surface area contributed by atoms with E-state index in [1.54, 1.807) is 0 Å². The lowest BCUT2D eigenvalue weighted by Crippen LogP contribution is -2.34. The maximum Gasteiger partial charge on any atom is 0.0828 e. The molecule has 0 radical (unpaired) electrons. The number of nitrogens with one attached hydrogen (secondary N) is 1. The van der Waals surface area contributed by atoms with Gasteiger partial charge in [0.25, 0.3) is 0 Å². The minimum absolute atomic E-state index is 0.415. The van der Waals surface area contributed by atoms with Crippen LogP contribution in [0.5, 0.6) is 0 Å². The number of hydrogen-bond donors (Lipinski definition) is 1. The van der Waals surface area contributed by atoms with Crippen molar-refractivity contribution in [3.05, 3.63) is 47.3 Å². The first-order valence-electron chi connectivity index (χ1n) is 7.93. The third-order valence-corrected chi connectivity index (χ3v) is 4.57. The van der Waals surface area contributed by atoms with E-state index in [-0.39, 0.29) is 0 Å². The highest BCUT2D eigenvalue weighted by molar-refractivity contribution is 5.53. The second-order valence-electron chi connectivity index (χ2n) is 6.50. The summed E-state index contributed by atoms with van der Waals surface area (Å²) in [5.74, 6) is 0.712. The number of nitrogens with zero attached hydrogens (tertiary/aromatic N) is 2. The Labute approximate surface area is 127 Å². The van der Waals surface area contributed by atoms with Gasteiger partial charge in [-0.1, -0.05) is 30.3 Å². The summed E-state index contributed by atoms with van der Waals surface area (Å²) in [4.78, 5) is 0. The Kier molecular flexibility index (Phi) is 3.75. The molecule has 1 aromatic carbocycles. The van der Waals surface area contributed by atoms with Gasteiger partial charge in [-0.05, 0) is 52.0 Å². The van der Waals surface area contributed by atoms with E-state index in [0.29, 0.717) is 18.0 Å². The molecule has 3 nitrogen and oxygen atoms in total. The molecule has 3 rings (SSSR count). The standard InChI is InChI=1S/C18H25N3/c1-12(2)21-14(4)18(13(3)20-21)19-17-10-16(11-17)15-8-6-5-7-9-15/h5-9,12,16-17,19H,10-11H2,1-4H3. The van der Waals surface area contributed by atoms with Crippen molar-refractivity contribution < 1.29 is 0 Å². The summed E-state index contributed by atoms with van der Waals surface area (Å²) < 4.78 is 2.12. The monoisotopic (exact) mass is 283 g/mol. The van der Waals surface area contributed by atoms with Crippen LogP contribution in [0.2, 0.25) is 0 Å². The van der Waals surface area contributed by atoms with Crippen LogP contribution in [0.15, 0.2) is 30.3 Å². The molecule has 0 aliphatic heterocycles. The van der Waals surface area contributed by atoms with Crippen molar-refractivity contribution in [2.45, 2.75) is 58.5 Å². The summed E-state index contributed by atoms with van der Waals surface area (Å²) in [5.41, 5.74) is 5.08. The maximum absolute atomic E-state index is 4.65. The molecule has 0 bridgehead atoms. The summed E-state index contributed by atoms with van der Waals surface area (Å²) in [6, 6.07) is 11.8. The smallest absolute Gasteiger partial charge is 0.0828 e. The second kappa shape index (κ2) is 5.55. The predicted octanol–water partition coefficient (Wildman–Crippen LogP) is 4.44. The van der Waals surface area contributed by atoms with Gasteiger partial charge in [-0.15, -0.1) is 0 Å². The van der Waals surface area contributed by atoms with Crippen molar-refractivity contribution in [1.29, 1.82) is 0 Å². The molecule has 0 saturated heterocycles. The maximum atomic E-state index is 4.65. The fraction of sp³-hybridized carbons (Fsp3) is 0.500. The molecule has 112 valence electrons. The lowest BCUT2D eigenvalue weighted by Gasteiger charge is -2.37. The van der Waals surface area contributed by atoms with E-state index in [1.807, 2.05) is 0 Å². The van der Waals surface area contributed by atoms with E-state index in [9.17, 15) is 0 Å². The van der Waals surface area contributed by atoms with Crippen LogP contribution in [-0.2, 0) is 0 Å². The zero-order valence-electron chi connectivity index (χ0n) is 13.4. The topological polar surface area (TPSA) is 29.9 Å². The first-order chi connectivity index (χ1) is 10.1. The molecule has 3 heteroatoms. The van der Waals surface area contributed by atoms with Crippen molar-refractivity contribution in [3.63, 3.8) is 0 Å². The Morgan fingerprint density at radius 3 is 2.38 bits per heavy atom. The first kappa shape index (κ1) is 14.2. The molecule has 2 aromatic rings. The highest BCUT2D eigenvalue weighted by Gasteiger charge is 2.31. The number of aryl methyl sites for hydroxylation is 1. The summed E-state index contributed by atoms with van der Waals surface area (Å²) >= 11 is 0. The SMILES string of the molecule is Cc1nn(C(C)C)c(C)c1NC1CC(c2ccccc2)C1. The minimum Gasteiger partial charge on any atom is -0.379 e. The molecule has 0 unspecified atom stereocenters. The number of anilines is 1. The summed E-state index contributed by atoms with van der Waals surface area (Å²) in [6.07, 6.45) is 2.44. The van der Waals surface area contributed by atoms with Gasteiger partial charge >= 0.3 is 0 Å². The van der Waals surface area contributed by atoms with Gasteiger partial charge in [-0.3, -0.25) is 4.68 Å². The molecule has 1 N–H and O–H groups in total. The van der Waals surface area contributed by atoms with Crippen LogP contribution in [0.25, 0.3) is 0 Å². The second-order valence-corrected chi connectivity index (χ2v) is 6.50. The molecular weight excluding hydrogens is 258 g/mol. The van der Waals surface area contributed by atoms with Crippen LogP contribution in [0.1, 0.15) is 55.6 Å². The van der Waals surface area contributed by atoms with E-state index in [1.165, 1.54) is 29.8 Å². The number of aromatic nitrogens is 2. The van der Waals surface area contributed by atoms with Gasteiger partial charge in [0.1, 0.15) is 0 Å². The number of rotatable bonds is 4. The van der Waals surface area contributed by atoms with Crippen molar-refractivity contribution in [2.24, 2.45) is 0 Å². The van der Waals surface area contributed by atoms with Crippen molar-refractivity contribution in [1.82, 2.24) is 9.78 Å². The van der Waals surface area contributed by atoms with Gasteiger partial charge in [-0.2, -0.15) is 5.10 Å². The molecule has 1 heterocycles. The summed E-state index contributed by atoms with van der Waals surface area (Å²) in [6.45, 7) is 8.62. The normalized spacial score (nSPS) is 21.4. The van der Waals surface area contributed by atoms with Crippen LogP contribution < -0.4 is 5.32 Å². The molecule has 0 spiro atoms. The average molecular weight is 283 g/mol. The van der Waals surface area contributed by atoms with E-state index >= 15 is 0 Å². The van der Waals surface area contributed by atoms with Crippen LogP contribution in [-0.4, -0.2) is 15.8 Å². The van der Waals surface area contributed by atoms with Gasteiger partial charge < -0.3 is 5.32 Å². The van der Waals surface area contributed by atoms with E-state index in [2.05, 4.69) is 73.1 Å². The average Bonchev–Trinajstić information content (AvgIpc) is 2.70. The van der Waals surface area contributed by atoms with Gasteiger partial charge in [-0.25, -0.2) is 0 Å². The zero-order chi connectivity index (χ0) is 15.0. The fourth-order valence-electron chi connectivity index (χ4n) is 3.31. The van der Waals surface area contributed by atoms with Crippen LogP contribution >= 0.6 is 0 Å². The fourth-order valence-corrected chi connectivity index (χ4v) is 3.31. The molecule has 0 amide bonds. The molecule has 0 atom stereocenters. The van der Waals surface area contributed by atoms with E-state index in [4.69, 9.17) is 0 Å². The van der Waals surface area contributed by atoms with Crippen LogP contribution in [0.3, 0.4) is 0 Å². The third kappa shape index (κ3) is 2.69. The molecule has 1 aromatic heterocycles. The molecular formula is C18H25N3. The minimum atomic E-state index is 0.415.